The van der Waals surface area contributed by atoms with Gasteiger partial charge in [-0.2, -0.15) is 0 Å². The maximum atomic E-state index is 11.2. The van der Waals surface area contributed by atoms with Gasteiger partial charge in [0.15, 0.2) is 0 Å². The molecule has 1 rings (SSSR count). The minimum atomic E-state index is -0.723. The molecular weight excluding hydrogens is 242 g/mol. The van der Waals surface area contributed by atoms with Crippen molar-refractivity contribution >= 4 is 5.97 Å². The second-order valence-electron chi connectivity index (χ2n) is 5.58. The van der Waals surface area contributed by atoms with Crippen molar-refractivity contribution in [1.82, 2.24) is 4.90 Å². The van der Waals surface area contributed by atoms with Crippen LogP contribution in [0.1, 0.15) is 52.9 Å². The molecule has 4 nitrogen and oxygen atoms in total. The van der Waals surface area contributed by atoms with Crippen LogP contribution in [0, 0.1) is 5.92 Å². The number of ether oxygens (including phenoxy) is 1. The molecule has 0 saturated carbocycles. The molecule has 0 spiro atoms. The van der Waals surface area contributed by atoms with E-state index in [1.165, 1.54) is 25.7 Å². The van der Waals surface area contributed by atoms with Gasteiger partial charge in [0.25, 0.3) is 0 Å². The van der Waals surface area contributed by atoms with E-state index in [-0.39, 0.29) is 12.0 Å². The SMILES string of the molecule is CCCCCCC(C)N(CC)C1COCC1C(=O)O. The van der Waals surface area contributed by atoms with Crippen molar-refractivity contribution in [2.45, 2.75) is 65.0 Å². The zero-order valence-electron chi connectivity index (χ0n) is 12.6. The molecule has 1 fully saturated rings. The number of unbranched alkanes of at least 4 members (excludes halogenated alkanes) is 3. The Morgan fingerprint density at radius 2 is 2.05 bits per heavy atom. The Bertz CT molecular complexity index is 270. The van der Waals surface area contributed by atoms with E-state index in [0.29, 0.717) is 19.3 Å². The Hall–Kier alpha value is -0.610. The van der Waals surface area contributed by atoms with Gasteiger partial charge in [-0.1, -0.05) is 39.5 Å². The quantitative estimate of drug-likeness (QED) is 0.655. The Kier molecular flexibility index (Phi) is 7.39. The van der Waals surface area contributed by atoms with Crippen LogP contribution in [0.25, 0.3) is 0 Å². The average molecular weight is 271 g/mol. The molecule has 1 N–H and O–H groups in total. The Balaban J connectivity index is 2.48. The van der Waals surface area contributed by atoms with Gasteiger partial charge in [-0.3, -0.25) is 9.69 Å². The molecule has 3 unspecified atom stereocenters. The highest BCUT2D eigenvalue weighted by Gasteiger charge is 2.38. The lowest BCUT2D eigenvalue weighted by Gasteiger charge is -2.34. The van der Waals surface area contributed by atoms with Gasteiger partial charge in [0.2, 0.25) is 0 Å². The van der Waals surface area contributed by atoms with Crippen LogP contribution in [0.2, 0.25) is 0 Å². The summed E-state index contributed by atoms with van der Waals surface area (Å²) in [5.74, 6) is -1.09. The first-order valence-corrected chi connectivity index (χ1v) is 7.68. The van der Waals surface area contributed by atoms with Crippen LogP contribution in [0.4, 0.5) is 0 Å². The summed E-state index contributed by atoms with van der Waals surface area (Å²) in [6.07, 6.45) is 6.21. The fraction of sp³-hybridized carbons (Fsp3) is 0.933. The molecule has 0 aliphatic carbocycles. The summed E-state index contributed by atoms with van der Waals surface area (Å²) < 4.78 is 5.38. The highest BCUT2D eigenvalue weighted by atomic mass is 16.5. The summed E-state index contributed by atoms with van der Waals surface area (Å²) in [7, 11) is 0. The monoisotopic (exact) mass is 271 g/mol. The third-order valence-electron chi connectivity index (χ3n) is 4.20. The topological polar surface area (TPSA) is 49.8 Å². The summed E-state index contributed by atoms with van der Waals surface area (Å²) >= 11 is 0. The molecule has 1 saturated heterocycles. The number of likely N-dealkylation sites (N-methyl/N-ethyl adjacent to an activating group) is 1. The number of carboxylic acids is 1. The Morgan fingerprint density at radius 3 is 2.63 bits per heavy atom. The van der Waals surface area contributed by atoms with Gasteiger partial charge in [-0.05, 0) is 19.9 Å². The first kappa shape index (κ1) is 16.4. The highest BCUT2D eigenvalue weighted by molar-refractivity contribution is 5.71. The summed E-state index contributed by atoms with van der Waals surface area (Å²) in [6.45, 7) is 8.36. The van der Waals surface area contributed by atoms with Gasteiger partial charge in [0.05, 0.1) is 19.1 Å². The highest BCUT2D eigenvalue weighted by Crippen LogP contribution is 2.23. The van der Waals surface area contributed by atoms with E-state index in [4.69, 9.17) is 4.74 Å². The number of hydrogen-bond donors (Lipinski definition) is 1. The van der Waals surface area contributed by atoms with Crippen molar-refractivity contribution in [2.24, 2.45) is 5.92 Å². The molecule has 0 aromatic carbocycles. The lowest BCUT2D eigenvalue weighted by atomic mass is 9.99. The van der Waals surface area contributed by atoms with Crippen LogP contribution in [-0.4, -0.2) is 47.8 Å². The molecule has 0 aromatic heterocycles. The van der Waals surface area contributed by atoms with E-state index < -0.39 is 5.97 Å². The van der Waals surface area contributed by atoms with Gasteiger partial charge in [-0.15, -0.1) is 0 Å². The van der Waals surface area contributed by atoms with E-state index in [0.717, 1.165) is 13.0 Å². The van der Waals surface area contributed by atoms with Crippen LogP contribution in [0.5, 0.6) is 0 Å². The second-order valence-corrected chi connectivity index (χ2v) is 5.58. The zero-order valence-corrected chi connectivity index (χ0v) is 12.6. The van der Waals surface area contributed by atoms with E-state index in [9.17, 15) is 9.90 Å². The van der Waals surface area contributed by atoms with Crippen LogP contribution in [0.15, 0.2) is 0 Å². The summed E-state index contributed by atoms with van der Waals surface area (Å²) in [5.41, 5.74) is 0. The summed E-state index contributed by atoms with van der Waals surface area (Å²) in [6, 6.07) is 0.485. The molecular formula is C15H29NO3. The summed E-state index contributed by atoms with van der Waals surface area (Å²) in [4.78, 5) is 13.6. The fourth-order valence-electron chi connectivity index (χ4n) is 3.01. The molecule has 0 amide bonds. The number of rotatable bonds is 9. The molecule has 0 bridgehead atoms. The maximum Gasteiger partial charge on any atom is 0.310 e. The number of carbonyl (C=O) groups is 1. The Morgan fingerprint density at radius 1 is 1.32 bits per heavy atom. The molecule has 3 atom stereocenters. The third kappa shape index (κ3) is 4.77. The molecule has 1 aliphatic rings. The third-order valence-corrected chi connectivity index (χ3v) is 4.20. The second kappa shape index (κ2) is 8.54. The van der Waals surface area contributed by atoms with Crippen molar-refractivity contribution < 1.29 is 14.6 Å². The standard InChI is InChI=1S/C15H29NO3/c1-4-6-7-8-9-12(3)16(5-2)14-11-19-10-13(14)15(17)18/h12-14H,4-11H2,1-3H3,(H,17,18). The minimum absolute atomic E-state index is 0.0451. The zero-order chi connectivity index (χ0) is 14.3. The van der Waals surface area contributed by atoms with Gasteiger partial charge >= 0.3 is 5.97 Å². The number of nitrogens with zero attached hydrogens (tertiary/aromatic N) is 1. The van der Waals surface area contributed by atoms with Gasteiger partial charge in [-0.25, -0.2) is 0 Å². The lowest BCUT2D eigenvalue weighted by molar-refractivity contribution is -0.143. The normalized spacial score (nSPS) is 24.8. The molecule has 0 aromatic rings. The van der Waals surface area contributed by atoms with Crippen molar-refractivity contribution in [3.05, 3.63) is 0 Å². The fourth-order valence-corrected chi connectivity index (χ4v) is 3.01. The van der Waals surface area contributed by atoms with E-state index in [1.807, 2.05) is 0 Å². The van der Waals surface area contributed by atoms with Gasteiger partial charge < -0.3 is 9.84 Å². The van der Waals surface area contributed by atoms with Crippen LogP contribution in [-0.2, 0) is 9.53 Å². The van der Waals surface area contributed by atoms with E-state index in [2.05, 4.69) is 25.7 Å². The summed E-state index contributed by atoms with van der Waals surface area (Å²) in [5, 5.41) is 9.25. The van der Waals surface area contributed by atoms with E-state index >= 15 is 0 Å². The molecule has 19 heavy (non-hydrogen) atoms. The van der Waals surface area contributed by atoms with Crippen molar-refractivity contribution in [2.75, 3.05) is 19.8 Å². The number of hydrogen-bond acceptors (Lipinski definition) is 3. The Labute approximate surface area is 117 Å². The van der Waals surface area contributed by atoms with Crippen molar-refractivity contribution in [3.63, 3.8) is 0 Å². The first-order chi connectivity index (χ1) is 9.11. The molecule has 1 aliphatic heterocycles. The lowest BCUT2D eigenvalue weighted by Crippen LogP contribution is -2.47. The van der Waals surface area contributed by atoms with Crippen LogP contribution >= 0.6 is 0 Å². The van der Waals surface area contributed by atoms with Crippen LogP contribution < -0.4 is 0 Å². The van der Waals surface area contributed by atoms with Gasteiger partial charge in [0, 0.05) is 12.1 Å². The predicted octanol–water partition coefficient (Wildman–Crippen LogP) is 2.77. The average Bonchev–Trinajstić information content (AvgIpc) is 2.85. The maximum absolute atomic E-state index is 11.2. The number of carboxylic acid groups (broad SMARTS) is 1. The molecule has 112 valence electrons. The predicted molar refractivity (Wildman–Crippen MR) is 76.3 cm³/mol. The van der Waals surface area contributed by atoms with Crippen LogP contribution in [0.3, 0.4) is 0 Å². The molecule has 0 radical (unpaired) electrons. The van der Waals surface area contributed by atoms with Gasteiger partial charge in [0.1, 0.15) is 0 Å². The van der Waals surface area contributed by atoms with Crippen molar-refractivity contribution in [3.8, 4) is 0 Å². The largest absolute Gasteiger partial charge is 0.481 e. The first-order valence-electron chi connectivity index (χ1n) is 7.68. The smallest absolute Gasteiger partial charge is 0.310 e. The molecule has 4 heteroatoms. The minimum Gasteiger partial charge on any atom is -0.481 e. The number of aliphatic carboxylic acids is 1. The van der Waals surface area contributed by atoms with E-state index in [1.54, 1.807) is 0 Å². The van der Waals surface area contributed by atoms with Crippen molar-refractivity contribution in [1.29, 1.82) is 0 Å². The molecule has 1 heterocycles.